The first-order chi connectivity index (χ1) is 9.61. The quantitative estimate of drug-likeness (QED) is 0.912. The van der Waals surface area contributed by atoms with Crippen molar-refractivity contribution in [3.8, 4) is 0 Å². The van der Waals surface area contributed by atoms with Crippen LogP contribution in [0, 0.1) is 11.8 Å². The molecule has 0 radical (unpaired) electrons. The predicted octanol–water partition coefficient (Wildman–Crippen LogP) is 3.57. The second kappa shape index (κ2) is 7.23. The standard InChI is InChI=1S/C16H23BrN2O/c1-19(15-8-6-14(17)7-9-15)16(20)13-4-2-12(3-5-13)10-11-18/h6-9,12-13H,2-5,10-11,18H2,1H3. The van der Waals surface area contributed by atoms with Gasteiger partial charge in [0.05, 0.1) is 0 Å². The smallest absolute Gasteiger partial charge is 0.229 e. The van der Waals surface area contributed by atoms with E-state index in [2.05, 4.69) is 15.9 Å². The van der Waals surface area contributed by atoms with E-state index >= 15 is 0 Å². The van der Waals surface area contributed by atoms with Crippen LogP contribution in [0.1, 0.15) is 32.1 Å². The number of hydrogen-bond acceptors (Lipinski definition) is 2. The molecule has 20 heavy (non-hydrogen) atoms. The molecule has 110 valence electrons. The Labute approximate surface area is 129 Å². The molecule has 0 aliphatic heterocycles. The largest absolute Gasteiger partial charge is 0.330 e. The Morgan fingerprint density at radius 3 is 2.40 bits per heavy atom. The van der Waals surface area contributed by atoms with Crippen LogP contribution in [0.3, 0.4) is 0 Å². The van der Waals surface area contributed by atoms with Crippen molar-refractivity contribution in [3.63, 3.8) is 0 Å². The van der Waals surface area contributed by atoms with E-state index < -0.39 is 0 Å². The Hall–Kier alpha value is -0.870. The zero-order valence-electron chi connectivity index (χ0n) is 12.0. The lowest BCUT2D eigenvalue weighted by Gasteiger charge is -2.30. The summed E-state index contributed by atoms with van der Waals surface area (Å²) in [4.78, 5) is 14.3. The van der Waals surface area contributed by atoms with Gasteiger partial charge < -0.3 is 10.6 Å². The Morgan fingerprint density at radius 1 is 1.25 bits per heavy atom. The molecule has 0 unspecified atom stereocenters. The van der Waals surface area contributed by atoms with Gasteiger partial charge in [0.25, 0.3) is 0 Å². The van der Waals surface area contributed by atoms with Gasteiger partial charge in [-0.15, -0.1) is 0 Å². The topological polar surface area (TPSA) is 46.3 Å². The predicted molar refractivity (Wildman–Crippen MR) is 86.7 cm³/mol. The van der Waals surface area contributed by atoms with Crippen LogP contribution in [0.2, 0.25) is 0 Å². The highest BCUT2D eigenvalue weighted by molar-refractivity contribution is 9.10. The van der Waals surface area contributed by atoms with E-state index in [0.29, 0.717) is 0 Å². The first kappa shape index (κ1) is 15.5. The summed E-state index contributed by atoms with van der Waals surface area (Å²) in [6, 6.07) is 7.89. The number of nitrogens with two attached hydrogens (primary N) is 1. The highest BCUT2D eigenvalue weighted by Crippen LogP contribution is 2.32. The molecule has 1 aromatic carbocycles. The third-order valence-corrected chi connectivity index (χ3v) is 4.84. The summed E-state index contributed by atoms with van der Waals surface area (Å²) in [5.74, 6) is 1.15. The molecule has 1 aliphatic carbocycles. The first-order valence-electron chi connectivity index (χ1n) is 7.35. The first-order valence-corrected chi connectivity index (χ1v) is 8.14. The molecule has 0 saturated heterocycles. The molecule has 1 aliphatic rings. The Kier molecular flexibility index (Phi) is 5.61. The maximum absolute atomic E-state index is 12.5. The third kappa shape index (κ3) is 3.83. The fourth-order valence-corrected chi connectivity index (χ4v) is 3.26. The summed E-state index contributed by atoms with van der Waals surface area (Å²) in [6.07, 6.45) is 5.39. The molecule has 1 aromatic rings. The van der Waals surface area contributed by atoms with Gasteiger partial charge in [-0.25, -0.2) is 0 Å². The van der Waals surface area contributed by atoms with E-state index in [0.717, 1.165) is 54.7 Å². The van der Waals surface area contributed by atoms with Gasteiger partial charge in [-0.1, -0.05) is 15.9 Å². The van der Waals surface area contributed by atoms with Gasteiger partial charge in [-0.05, 0) is 68.8 Å². The lowest BCUT2D eigenvalue weighted by atomic mass is 9.80. The van der Waals surface area contributed by atoms with E-state index in [4.69, 9.17) is 5.73 Å². The van der Waals surface area contributed by atoms with Crippen molar-refractivity contribution in [2.75, 3.05) is 18.5 Å². The zero-order valence-corrected chi connectivity index (χ0v) is 13.6. The Balaban J connectivity index is 1.93. The van der Waals surface area contributed by atoms with Crippen molar-refractivity contribution >= 4 is 27.5 Å². The number of amides is 1. The Morgan fingerprint density at radius 2 is 1.85 bits per heavy atom. The third-order valence-electron chi connectivity index (χ3n) is 4.32. The van der Waals surface area contributed by atoms with E-state index in [1.165, 1.54) is 0 Å². The number of nitrogens with zero attached hydrogens (tertiary/aromatic N) is 1. The van der Waals surface area contributed by atoms with Crippen LogP contribution < -0.4 is 10.6 Å². The average Bonchev–Trinajstić information content (AvgIpc) is 2.48. The van der Waals surface area contributed by atoms with Gasteiger partial charge in [0.2, 0.25) is 5.91 Å². The zero-order chi connectivity index (χ0) is 14.5. The van der Waals surface area contributed by atoms with Crippen molar-refractivity contribution in [2.45, 2.75) is 32.1 Å². The van der Waals surface area contributed by atoms with Gasteiger partial charge in [-0.3, -0.25) is 4.79 Å². The van der Waals surface area contributed by atoms with Gasteiger partial charge in [-0.2, -0.15) is 0 Å². The highest BCUT2D eigenvalue weighted by atomic mass is 79.9. The van der Waals surface area contributed by atoms with Crippen molar-refractivity contribution in [3.05, 3.63) is 28.7 Å². The number of carbonyl (C=O) groups excluding carboxylic acids is 1. The van der Waals surface area contributed by atoms with Crippen molar-refractivity contribution in [2.24, 2.45) is 17.6 Å². The summed E-state index contributed by atoms with van der Waals surface area (Å²) in [7, 11) is 1.87. The van der Waals surface area contributed by atoms with Gasteiger partial charge in [0, 0.05) is 23.1 Å². The summed E-state index contributed by atoms with van der Waals surface area (Å²) in [5, 5.41) is 0. The molecular formula is C16H23BrN2O. The minimum Gasteiger partial charge on any atom is -0.330 e. The fourth-order valence-electron chi connectivity index (χ4n) is 3.00. The van der Waals surface area contributed by atoms with Crippen molar-refractivity contribution < 1.29 is 4.79 Å². The molecule has 2 rings (SSSR count). The van der Waals surface area contributed by atoms with E-state index in [-0.39, 0.29) is 11.8 Å². The summed E-state index contributed by atoms with van der Waals surface area (Å²) >= 11 is 3.42. The molecule has 1 saturated carbocycles. The number of rotatable bonds is 4. The molecule has 1 fully saturated rings. The lowest BCUT2D eigenvalue weighted by molar-refractivity contribution is -0.123. The Bertz CT molecular complexity index is 438. The second-order valence-electron chi connectivity index (χ2n) is 5.67. The molecule has 0 atom stereocenters. The highest BCUT2D eigenvalue weighted by Gasteiger charge is 2.28. The maximum atomic E-state index is 12.5. The number of carbonyl (C=O) groups is 1. The number of anilines is 1. The molecular weight excluding hydrogens is 316 g/mol. The van der Waals surface area contributed by atoms with Crippen LogP contribution in [0.4, 0.5) is 5.69 Å². The molecule has 3 nitrogen and oxygen atoms in total. The second-order valence-corrected chi connectivity index (χ2v) is 6.58. The van der Waals surface area contributed by atoms with Crippen molar-refractivity contribution in [1.29, 1.82) is 0 Å². The minimum absolute atomic E-state index is 0.178. The van der Waals surface area contributed by atoms with Gasteiger partial charge in [0.15, 0.2) is 0 Å². The molecule has 0 aromatic heterocycles. The summed E-state index contributed by atoms with van der Waals surface area (Å²) < 4.78 is 1.03. The normalized spacial score (nSPS) is 22.6. The monoisotopic (exact) mass is 338 g/mol. The van der Waals surface area contributed by atoms with Crippen LogP contribution in [-0.4, -0.2) is 19.5 Å². The molecule has 0 heterocycles. The van der Waals surface area contributed by atoms with Crippen LogP contribution in [0.25, 0.3) is 0 Å². The van der Waals surface area contributed by atoms with Gasteiger partial charge >= 0.3 is 0 Å². The summed E-state index contributed by atoms with van der Waals surface area (Å²) in [5.41, 5.74) is 6.57. The van der Waals surface area contributed by atoms with E-state index in [1.54, 1.807) is 4.90 Å². The lowest BCUT2D eigenvalue weighted by Crippen LogP contribution is -2.35. The minimum atomic E-state index is 0.178. The molecule has 1 amide bonds. The van der Waals surface area contributed by atoms with Crippen LogP contribution in [0.5, 0.6) is 0 Å². The SMILES string of the molecule is CN(C(=O)C1CCC(CCN)CC1)c1ccc(Br)cc1. The van der Waals surface area contributed by atoms with Gasteiger partial charge in [0.1, 0.15) is 0 Å². The molecule has 0 bridgehead atoms. The van der Waals surface area contributed by atoms with E-state index in [1.807, 2.05) is 31.3 Å². The number of benzene rings is 1. The average molecular weight is 339 g/mol. The van der Waals surface area contributed by atoms with Crippen LogP contribution in [0.15, 0.2) is 28.7 Å². The van der Waals surface area contributed by atoms with Crippen molar-refractivity contribution in [1.82, 2.24) is 0 Å². The number of halogens is 1. The molecule has 4 heteroatoms. The molecule has 2 N–H and O–H groups in total. The number of hydrogen-bond donors (Lipinski definition) is 1. The maximum Gasteiger partial charge on any atom is 0.229 e. The van der Waals surface area contributed by atoms with E-state index in [9.17, 15) is 4.79 Å². The fraction of sp³-hybridized carbons (Fsp3) is 0.562. The molecule has 0 spiro atoms. The van der Waals surface area contributed by atoms with Crippen LogP contribution in [-0.2, 0) is 4.79 Å². The summed E-state index contributed by atoms with van der Waals surface area (Å²) in [6.45, 7) is 0.766. The van der Waals surface area contributed by atoms with Crippen LogP contribution >= 0.6 is 15.9 Å².